The predicted octanol–water partition coefficient (Wildman–Crippen LogP) is 1.78. The number of benzene rings is 1. The molecule has 1 aromatic carbocycles. The van der Waals surface area contributed by atoms with Crippen molar-refractivity contribution in [1.82, 2.24) is 4.31 Å². The second-order valence-corrected chi connectivity index (χ2v) is 6.97. The molecule has 106 valence electrons. The monoisotopic (exact) mass is 283 g/mol. The summed E-state index contributed by atoms with van der Waals surface area (Å²) in [5.41, 5.74) is 0.952. The lowest BCUT2D eigenvalue weighted by Gasteiger charge is -2.32. The first kappa shape index (κ1) is 14.5. The Morgan fingerprint density at radius 3 is 2.53 bits per heavy atom. The van der Waals surface area contributed by atoms with Crippen LogP contribution in [0.15, 0.2) is 29.2 Å². The van der Waals surface area contributed by atoms with Crippen molar-refractivity contribution in [2.75, 3.05) is 13.2 Å². The largest absolute Gasteiger partial charge is 0.396 e. The number of rotatable bonds is 4. The molecule has 0 radical (unpaired) electrons. The maximum atomic E-state index is 12.5. The fourth-order valence-corrected chi connectivity index (χ4v) is 4.22. The highest BCUT2D eigenvalue weighted by Gasteiger charge is 2.30. The molecule has 1 aromatic rings. The van der Waals surface area contributed by atoms with Crippen molar-refractivity contribution in [2.24, 2.45) is 0 Å². The molecule has 0 spiro atoms. The molecule has 1 heterocycles. The van der Waals surface area contributed by atoms with Crippen LogP contribution >= 0.6 is 0 Å². The van der Waals surface area contributed by atoms with E-state index in [9.17, 15) is 8.42 Å². The third-order valence-electron chi connectivity index (χ3n) is 3.67. The van der Waals surface area contributed by atoms with Gasteiger partial charge in [-0.05, 0) is 43.9 Å². The number of sulfonamides is 1. The summed E-state index contributed by atoms with van der Waals surface area (Å²) >= 11 is 0. The molecule has 2 rings (SSSR count). The van der Waals surface area contributed by atoms with Crippen molar-refractivity contribution < 1.29 is 13.5 Å². The van der Waals surface area contributed by atoms with Gasteiger partial charge in [-0.2, -0.15) is 4.31 Å². The standard InChI is InChI=1S/C14H21NO3S/c1-12-4-2-3-10-15(12)19(17,18)14-7-5-13(6-8-14)9-11-16/h5-8,12,16H,2-4,9-11H2,1H3. The van der Waals surface area contributed by atoms with Crippen molar-refractivity contribution in [3.05, 3.63) is 29.8 Å². The van der Waals surface area contributed by atoms with Gasteiger partial charge in [-0.25, -0.2) is 8.42 Å². The Bertz CT molecular complexity index is 510. The van der Waals surface area contributed by atoms with Crippen LogP contribution in [0.5, 0.6) is 0 Å². The third kappa shape index (κ3) is 3.16. The topological polar surface area (TPSA) is 57.6 Å². The second kappa shape index (κ2) is 6.03. The van der Waals surface area contributed by atoms with E-state index in [2.05, 4.69) is 0 Å². The van der Waals surface area contributed by atoms with Gasteiger partial charge in [-0.1, -0.05) is 18.6 Å². The number of nitrogens with zero attached hydrogens (tertiary/aromatic N) is 1. The van der Waals surface area contributed by atoms with Crippen LogP contribution in [0.3, 0.4) is 0 Å². The quantitative estimate of drug-likeness (QED) is 0.916. The fourth-order valence-electron chi connectivity index (χ4n) is 2.52. The first-order valence-corrected chi connectivity index (χ1v) is 8.21. The van der Waals surface area contributed by atoms with E-state index in [1.54, 1.807) is 28.6 Å². The molecule has 1 N–H and O–H groups in total. The van der Waals surface area contributed by atoms with Crippen molar-refractivity contribution in [2.45, 2.75) is 43.5 Å². The predicted molar refractivity (Wildman–Crippen MR) is 74.4 cm³/mol. The molecule has 0 amide bonds. The first-order chi connectivity index (χ1) is 9.05. The smallest absolute Gasteiger partial charge is 0.243 e. The van der Waals surface area contributed by atoms with Crippen LogP contribution in [-0.2, 0) is 16.4 Å². The van der Waals surface area contributed by atoms with Gasteiger partial charge in [-0.15, -0.1) is 0 Å². The fraction of sp³-hybridized carbons (Fsp3) is 0.571. The molecule has 0 saturated carbocycles. The van der Waals surface area contributed by atoms with Crippen LogP contribution < -0.4 is 0 Å². The molecule has 1 saturated heterocycles. The summed E-state index contributed by atoms with van der Waals surface area (Å²) in [4.78, 5) is 0.350. The number of aliphatic hydroxyl groups is 1. The Balaban J connectivity index is 2.23. The van der Waals surface area contributed by atoms with Crippen molar-refractivity contribution in [3.63, 3.8) is 0 Å². The Labute approximate surface area is 115 Å². The zero-order valence-corrected chi connectivity index (χ0v) is 12.1. The maximum absolute atomic E-state index is 12.5. The van der Waals surface area contributed by atoms with Crippen LogP contribution in [0.2, 0.25) is 0 Å². The minimum absolute atomic E-state index is 0.0786. The average Bonchev–Trinajstić information content (AvgIpc) is 2.40. The van der Waals surface area contributed by atoms with Gasteiger partial charge in [-0.3, -0.25) is 0 Å². The highest BCUT2D eigenvalue weighted by Crippen LogP contribution is 2.25. The third-order valence-corrected chi connectivity index (χ3v) is 5.70. The normalized spacial score (nSPS) is 21.5. The van der Waals surface area contributed by atoms with Gasteiger partial charge in [0.05, 0.1) is 4.90 Å². The average molecular weight is 283 g/mol. The number of hydrogen-bond acceptors (Lipinski definition) is 3. The van der Waals surface area contributed by atoms with E-state index in [1.807, 2.05) is 6.92 Å². The lowest BCUT2D eigenvalue weighted by Crippen LogP contribution is -2.41. The van der Waals surface area contributed by atoms with E-state index < -0.39 is 10.0 Å². The van der Waals surface area contributed by atoms with Gasteiger partial charge < -0.3 is 5.11 Å². The molecule has 1 fully saturated rings. The van der Waals surface area contributed by atoms with Crippen molar-refractivity contribution in [1.29, 1.82) is 0 Å². The highest BCUT2D eigenvalue weighted by atomic mass is 32.2. The van der Waals surface area contributed by atoms with Crippen LogP contribution in [0, 0.1) is 0 Å². The van der Waals surface area contributed by atoms with Gasteiger partial charge in [0.2, 0.25) is 10.0 Å². The number of hydrogen-bond donors (Lipinski definition) is 1. The summed E-state index contributed by atoms with van der Waals surface area (Å²) in [5, 5.41) is 8.86. The first-order valence-electron chi connectivity index (χ1n) is 6.77. The molecule has 4 nitrogen and oxygen atoms in total. The van der Waals surface area contributed by atoms with Crippen LogP contribution in [-0.4, -0.2) is 37.0 Å². The molecule has 1 aliphatic rings. The van der Waals surface area contributed by atoms with Crippen LogP contribution in [0.4, 0.5) is 0 Å². The summed E-state index contributed by atoms with van der Waals surface area (Å²) in [6.45, 7) is 2.66. The summed E-state index contributed by atoms with van der Waals surface area (Å²) in [6.07, 6.45) is 3.52. The summed E-state index contributed by atoms with van der Waals surface area (Å²) in [5.74, 6) is 0. The molecule has 19 heavy (non-hydrogen) atoms. The Hall–Kier alpha value is -0.910. The van der Waals surface area contributed by atoms with Crippen molar-refractivity contribution in [3.8, 4) is 0 Å². The lowest BCUT2D eigenvalue weighted by atomic mass is 10.1. The molecule has 0 aromatic heterocycles. The molecule has 1 atom stereocenters. The summed E-state index contributed by atoms with van der Waals surface area (Å²) in [7, 11) is -3.37. The number of piperidine rings is 1. The van der Waals surface area contributed by atoms with Gasteiger partial charge in [0.15, 0.2) is 0 Å². The van der Waals surface area contributed by atoms with Gasteiger partial charge >= 0.3 is 0 Å². The minimum atomic E-state index is -3.37. The second-order valence-electron chi connectivity index (χ2n) is 5.08. The lowest BCUT2D eigenvalue weighted by molar-refractivity contribution is 0.268. The van der Waals surface area contributed by atoms with Crippen molar-refractivity contribution >= 4 is 10.0 Å². The van der Waals surface area contributed by atoms with E-state index in [-0.39, 0.29) is 12.6 Å². The molecule has 5 heteroatoms. The van der Waals surface area contributed by atoms with E-state index >= 15 is 0 Å². The molecular formula is C14H21NO3S. The van der Waals surface area contributed by atoms with Crippen LogP contribution in [0.25, 0.3) is 0 Å². The molecular weight excluding hydrogens is 262 g/mol. The summed E-state index contributed by atoms with van der Waals surface area (Å²) in [6, 6.07) is 6.91. The SMILES string of the molecule is CC1CCCCN1S(=O)(=O)c1ccc(CCO)cc1. The van der Waals surface area contributed by atoms with Gasteiger partial charge in [0.25, 0.3) is 0 Å². The minimum Gasteiger partial charge on any atom is -0.396 e. The maximum Gasteiger partial charge on any atom is 0.243 e. The molecule has 1 aliphatic heterocycles. The van der Waals surface area contributed by atoms with E-state index in [4.69, 9.17) is 5.11 Å². The summed E-state index contributed by atoms with van der Waals surface area (Å²) < 4.78 is 26.7. The number of aliphatic hydroxyl groups excluding tert-OH is 1. The molecule has 1 unspecified atom stereocenters. The van der Waals surface area contributed by atoms with E-state index in [1.165, 1.54) is 0 Å². The highest BCUT2D eigenvalue weighted by molar-refractivity contribution is 7.89. The Morgan fingerprint density at radius 2 is 1.95 bits per heavy atom. The van der Waals surface area contributed by atoms with Crippen LogP contribution in [0.1, 0.15) is 31.7 Å². The zero-order valence-electron chi connectivity index (χ0n) is 11.2. The molecule has 0 aliphatic carbocycles. The zero-order chi connectivity index (χ0) is 13.9. The Kier molecular flexibility index (Phi) is 4.60. The molecule has 0 bridgehead atoms. The van der Waals surface area contributed by atoms with Gasteiger partial charge in [0.1, 0.15) is 0 Å². The Morgan fingerprint density at radius 1 is 1.26 bits per heavy atom. The van der Waals surface area contributed by atoms with E-state index in [0.717, 1.165) is 24.8 Å². The van der Waals surface area contributed by atoms with Gasteiger partial charge in [0, 0.05) is 19.2 Å². The van der Waals surface area contributed by atoms with E-state index in [0.29, 0.717) is 17.9 Å².